The van der Waals surface area contributed by atoms with Gasteiger partial charge in [0.15, 0.2) is 16.6 Å². The average Bonchev–Trinajstić information content (AvgIpc) is 3.13. The lowest BCUT2D eigenvalue weighted by Gasteiger charge is -2.36. The first-order valence-electron chi connectivity index (χ1n) is 10.0. The van der Waals surface area contributed by atoms with Gasteiger partial charge in [0, 0.05) is 31.4 Å². The molecule has 2 N–H and O–H groups in total. The van der Waals surface area contributed by atoms with Crippen LogP contribution in [0.15, 0.2) is 24.3 Å². The van der Waals surface area contributed by atoms with E-state index in [2.05, 4.69) is 34.4 Å². The minimum absolute atomic E-state index is 0.272. The number of anilines is 2. The second-order valence-electron chi connectivity index (χ2n) is 8.04. The highest BCUT2D eigenvalue weighted by Crippen LogP contribution is 2.32. The van der Waals surface area contributed by atoms with Crippen LogP contribution in [0.5, 0.6) is 11.5 Å². The molecule has 0 aliphatic carbocycles. The van der Waals surface area contributed by atoms with Crippen LogP contribution in [0.2, 0.25) is 0 Å². The fourth-order valence-electron chi connectivity index (χ4n) is 4.00. The number of nitrogens with zero attached hydrogens (tertiary/aromatic N) is 3. The van der Waals surface area contributed by atoms with Crippen molar-refractivity contribution in [1.82, 2.24) is 15.3 Å². The molecule has 29 heavy (non-hydrogen) atoms. The summed E-state index contributed by atoms with van der Waals surface area (Å²) < 4.78 is 10.8. The highest BCUT2D eigenvalue weighted by Gasteiger charge is 2.23. The summed E-state index contributed by atoms with van der Waals surface area (Å²) in [6.45, 7) is 9.46. The summed E-state index contributed by atoms with van der Waals surface area (Å²) in [6, 6.07) is 7.90. The summed E-state index contributed by atoms with van der Waals surface area (Å²) in [5, 5.41) is 6.81. The van der Waals surface area contributed by atoms with Crippen LogP contribution in [-0.2, 0) is 6.54 Å². The Morgan fingerprint density at radius 2 is 1.90 bits per heavy atom. The highest BCUT2D eigenvalue weighted by molar-refractivity contribution is 7.80. The second kappa shape index (κ2) is 8.41. The van der Waals surface area contributed by atoms with Gasteiger partial charge in [-0.15, -0.1) is 0 Å². The summed E-state index contributed by atoms with van der Waals surface area (Å²) >= 11 is 5.44. The Bertz CT molecular complexity index is 897. The fourth-order valence-corrected chi connectivity index (χ4v) is 4.16. The summed E-state index contributed by atoms with van der Waals surface area (Å²) in [5.41, 5.74) is 1.97. The van der Waals surface area contributed by atoms with E-state index in [0.717, 1.165) is 41.7 Å². The first-order valence-corrected chi connectivity index (χ1v) is 10.4. The number of benzene rings is 1. The molecule has 0 radical (unpaired) electrons. The predicted octanol–water partition coefficient (Wildman–Crippen LogP) is 3.48. The van der Waals surface area contributed by atoms with E-state index < -0.39 is 0 Å². The molecule has 1 aromatic heterocycles. The van der Waals surface area contributed by atoms with Crippen molar-refractivity contribution < 1.29 is 9.47 Å². The smallest absolute Gasteiger partial charge is 0.231 e. The van der Waals surface area contributed by atoms with E-state index in [1.807, 2.05) is 31.2 Å². The van der Waals surface area contributed by atoms with E-state index in [-0.39, 0.29) is 6.79 Å². The van der Waals surface area contributed by atoms with Crippen LogP contribution >= 0.6 is 12.2 Å². The first kappa shape index (κ1) is 19.7. The minimum atomic E-state index is 0.272. The standard InChI is InChI=1S/C21H27N5O2S/c1-13-6-14(2)11-26(10-13)19-7-15(3)23-20(24-19)25-21(29)22-9-16-4-5-17-18(8-16)28-12-27-17/h4-5,7-8,13-14H,6,9-12H2,1-3H3,(H2,22,23,24,25,29)/t13-,14-/m1/s1. The van der Waals surface area contributed by atoms with Crippen LogP contribution in [0.3, 0.4) is 0 Å². The third kappa shape index (κ3) is 4.87. The van der Waals surface area contributed by atoms with Crippen LogP contribution in [0.25, 0.3) is 0 Å². The SMILES string of the molecule is Cc1cc(N2C[C@H](C)C[C@@H](C)C2)nc(NC(=S)NCc2ccc3c(c2)OCO3)n1. The zero-order chi connectivity index (χ0) is 20.4. The summed E-state index contributed by atoms with van der Waals surface area (Å²) in [5.74, 6) is 4.34. The normalized spacial score (nSPS) is 20.4. The van der Waals surface area contributed by atoms with E-state index in [1.165, 1.54) is 6.42 Å². The highest BCUT2D eigenvalue weighted by atomic mass is 32.1. The molecule has 0 saturated carbocycles. The summed E-state index contributed by atoms with van der Waals surface area (Å²) in [7, 11) is 0. The van der Waals surface area contributed by atoms with Crippen LogP contribution in [0.4, 0.5) is 11.8 Å². The van der Waals surface area contributed by atoms with Gasteiger partial charge in [-0.2, -0.15) is 4.98 Å². The van der Waals surface area contributed by atoms with Gasteiger partial charge >= 0.3 is 0 Å². The molecule has 0 spiro atoms. The van der Waals surface area contributed by atoms with Crippen molar-refractivity contribution in [2.45, 2.75) is 33.7 Å². The van der Waals surface area contributed by atoms with Gasteiger partial charge in [-0.25, -0.2) is 4.98 Å². The van der Waals surface area contributed by atoms with Gasteiger partial charge in [-0.3, -0.25) is 0 Å². The number of thiocarbonyl (C=S) groups is 1. The zero-order valence-electron chi connectivity index (χ0n) is 17.1. The molecule has 1 saturated heterocycles. The van der Waals surface area contributed by atoms with Gasteiger partial charge in [0.2, 0.25) is 12.7 Å². The Kier molecular flexibility index (Phi) is 5.71. The molecule has 1 aromatic carbocycles. The summed E-state index contributed by atoms with van der Waals surface area (Å²) in [6.07, 6.45) is 1.26. The van der Waals surface area contributed by atoms with Gasteiger partial charge in [0.25, 0.3) is 0 Å². The molecule has 2 atom stereocenters. The van der Waals surface area contributed by atoms with E-state index in [9.17, 15) is 0 Å². The Hall–Kier alpha value is -2.61. The third-order valence-electron chi connectivity index (χ3n) is 5.15. The van der Waals surface area contributed by atoms with Crippen molar-refractivity contribution >= 4 is 29.1 Å². The monoisotopic (exact) mass is 413 g/mol. The number of hydrogen-bond donors (Lipinski definition) is 2. The molecule has 2 aromatic rings. The quantitative estimate of drug-likeness (QED) is 0.738. The molecule has 2 aliphatic rings. The van der Waals surface area contributed by atoms with Crippen LogP contribution in [0.1, 0.15) is 31.5 Å². The minimum Gasteiger partial charge on any atom is -0.454 e. The van der Waals surface area contributed by atoms with Crippen molar-refractivity contribution in [2.24, 2.45) is 11.8 Å². The van der Waals surface area contributed by atoms with E-state index in [1.54, 1.807) is 0 Å². The molecule has 2 aliphatic heterocycles. The lowest BCUT2D eigenvalue weighted by Crippen LogP contribution is -2.39. The fraction of sp³-hybridized carbons (Fsp3) is 0.476. The van der Waals surface area contributed by atoms with Crippen molar-refractivity contribution in [3.8, 4) is 11.5 Å². The largest absolute Gasteiger partial charge is 0.454 e. The van der Waals surface area contributed by atoms with Gasteiger partial charge in [0.05, 0.1) is 0 Å². The van der Waals surface area contributed by atoms with Crippen molar-refractivity contribution in [3.05, 3.63) is 35.5 Å². The second-order valence-corrected chi connectivity index (χ2v) is 8.45. The molecule has 0 amide bonds. The molecule has 7 nitrogen and oxygen atoms in total. The number of aromatic nitrogens is 2. The van der Waals surface area contributed by atoms with Crippen molar-refractivity contribution in [1.29, 1.82) is 0 Å². The topological polar surface area (TPSA) is 71.5 Å². The number of ether oxygens (including phenoxy) is 2. The Morgan fingerprint density at radius 1 is 1.14 bits per heavy atom. The third-order valence-corrected chi connectivity index (χ3v) is 5.40. The van der Waals surface area contributed by atoms with E-state index >= 15 is 0 Å². The Balaban J connectivity index is 1.38. The van der Waals surface area contributed by atoms with Crippen LogP contribution in [-0.4, -0.2) is 35.0 Å². The maximum Gasteiger partial charge on any atom is 0.231 e. The molecule has 4 rings (SSSR count). The van der Waals surface area contributed by atoms with Gasteiger partial charge in [0.1, 0.15) is 5.82 Å². The predicted molar refractivity (Wildman–Crippen MR) is 118 cm³/mol. The Morgan fingerprint density at radius 3 is 2.69 bits per heavy atom. The molecule has 3 heterocycles. The van der Waals surface area contributed by atoms with Gasteiger partial charge < -0.3 is 25.0 Å². The number of piperidine rings is 1. The average molecular weight is 414 g/mol. The molecular weight excluding hydrogens is 386 g/mol. The van der Waals surface area contributed by atoms with Crippen molar-refractivity contribution in [2.75, 3.05) is 30.1 Å². The first-order chi connectivity index (χ1) is 14.0. The molecule has 8 heteroatoms. The molecule has 1 fully saturated rings. The van der Waals surface area contributed by atoms with Gasteiger partial charge in [-0.1, -0.05) is 19.9 Å². The number of hydrogen-bond acceptors (Lipinski definition) is 6. The van der Waals surface area contributed by atoms with Crippen LogP contribution in [0, 0.1) is 18.8 Å². The molecular formula is C21H27N5O2S. The van der Waals surface area contributed by atoms with E-state index in [4.69, 9.17) is 26.7 Å². The number of fused-ring (bicyclic) bond motifs is 1. The lowest BCUT2D eigenvalue weighted by atomic mass is 9.92. The molecule has 0 unspecified atom stereocenters. The summed E-state index contributed by atoms with van der Waals surface area (Å²) in [4.78, 5) is 11.6. The lowest BCUT2D eigenvalue weighted by molar-refractivity contribution is 0.174. The zero-order valence-corrected chi connectivity index (χ0v) is 17.9. The Labute approximate surface area is 176 Å². The number of rotatable bonds is 4. The van der Waals surface area contributed by atoms with E-state index in [0.29, 0.717) is 29.4 Å². The maximum atomic E-state index is 5.44. The number of aryl methyl sites for hydroxylation is 1. The van der Waals surface area contributed by atoms with Crippen molar-refractivity contribution in [3.63, 3.8) is 0 Å². The number of nitrogens with one attached hydrogen (secondary N) is 2. The molecule has 0 bridgehead atoms. The van der Waals surface area contributed by atoms with Crippen LogP contribution < -0.4 is 25.0 Å². The molecule has 154 valence electrons. The van der Waals surface area contributed by atoms with Gasteiger partial charge in [-0.05, 0) is 55.1 Å². The maximum absolute atomic E-state index is 5.44.